The van der Waals surface area contributed by atoms with Crippen LogP contribution in [0.3, 0.4) is 0 Å². The van der Waals surface area contributed by atoms with Crippen molar-refractivity contribution >= 4 is 17.7 Å². The molecule has 0 spiro atoms. The molecule has 0 aromatic carbocycles. The molecule has 0 N–H and O–H groups in total. The van der Waals surface area contributed by atoms with E-state index in [4.69, 9.17) is 9.82 Å². The number of hydrogen-bond acceptors (Lipinski definition) is 5. The predicted octanol–water partition coefficient (Wildman–Crippen LogP) is 2.61. The molecule has 23 heavy (non-hydrogen) atoms. The molecule has 2 rings (SSSR count). The highest BCUT2D eigenvalue weighted by molar-refractivity contribution is 5.86. The summed E-state index contributed by atoms with van der Waals surface area (Å²) in [6.07, 6.45) is 3.23. The molecule has 2 aromatic rings. The quantitative estimate of drug-likeness (QED) is 0.628. The highest BCUT2D eigenvalue weighted by atomic mass is 16.6. The van der Waals surface area contributed by atoms with E-state index in [1.165, 1.54) is 13.3 Å². The number of nitrogens with zero attached hydrogens (tertiary/aromatic N) is 4. The molecule has 0 aliphatic rings. The summed E-state index contributed by atoms with van der Waals surface area (Å²) in [4.78, 5) is 24.5. The Morgan fingerprint density at radius 1 is 1.26 bits per heavy atom. The summed E-state index contributed by atoms with van der Waals surface area (Å²) in [5.41, 5.74) is 1.89. The first-order valence-corrected chi connectivity index (χ1v) is 7.74. The monoisotopic (exact) mass is 316 g/mol. The molecule has 0 bridgehead atoms. The van der Waals surface area contributed by atoms with E-state index in [0.29, 0.717) is 17.0 Å². The van der Waals surface area contributed by atoms with Crippen LogP contribution < -0.4 is 10.5 Å². The van der Waals surface area contributed by atoms with E-state index < -0.39 is 0 Å². The van der Waals surface area contributed by atoms with Crippen LogP contribution in [0.2, 0.25) is 0 Å². The first kappa shape index (κ1) is 17.0. The third-order valence-corrected chi connectivity index (χ3v) is 3.63. The molecule has 0 unspecified atom stereocenters. The Bertz CT molecular complexity index is 770. The Balaban J connectivity index is 2.83. The van der Waals surface area contributed by atoms with Crippen molar-refractivity contribution in [1.82, 2.24) is 9.38 Å². The molecule has 0 fully saturated rings. The summed E-state index contributed by atoms with van der Waals surface area (Å²) in [6.45, 7) is 10.3. The lowest BCUT2D eigenvalue weighted by Crippen LogP contribution is -2.40. The lowest BCUT2D eigenvalue weighted by molar-refractivity contribution is 0.215. The number of rotatable bonds is 5. The van der Waals surface area contributed by atoms with Crippen LogP contribution in [0.15, 0.2) is 28.3 Å². The fraction of sp³-hybridized carbons (Fsp3) is 0.471. The van der Waals surface area contributed by atoms with Crippen LogP contribution in [0.25, 0.3) is 5.65 Å². The Labute approximate surface area is 136 Å². The second kappa shape index (κ2) is 6.81. The zero-order valence-corrected chi connectivity index (χ0v) is 14.6. The van der Waals surface area contributed by atoms with Crippen LogP contribution in [0.4, 0.5) is 5.82 Å². The molecule has 0 radical (unpaired) electrons. The van der Waals surface area contributed by atoms with Crippen molar-refractivity contribution in [3.05, 3.63) is 39.8 Å². The summed E-state index contributed by atoms with van der Waals surface area (Å²) in [6, 6.07) is 4.20. The van der Waals surface area contributed by atoms with Crippen LogP contribution in [-0.4, -0.2) is 34.8 Å². The van der Waals surface area contributed by atoms with Gasteiger partial charge in [-0.2, -0.15) is 0 Å². The van der Waals surface area contributed by atoms with E-state index in [0.717, 1.165) is 5.56 Å². The van der Waals surface area contributed by atoms with E-state index in [-0.39, 0.29) is 17.6 Å². The van der Waals surface area contributed by atoms with Gasteiger partial charge in [-0.05, 0) is 46.2 Å². The smallest absolute Gasteiger partial charge is 0.269 e. The maximum atomic E-state index is 12.9. The normalized spacial score (nSPS) is 11.8. The average Bonchev–Trinajstić information content (AvgIpc) is 2.47. The number of oxime groups is 1. The van der Waals surface area contributed by atoms with Crippen molar-refractivity contribution in [1.29, 1.82) is 0 Å². The van der Waals surface area contributed by atoms with Gasteiger partial charge in [-0.15, -0.1) is 0 Å². The van der Waals surface area contributed by atoms with Crippen molar-refractivity contribution in [2.75, 3.05) is 12.0 Å². The molecular formula is C17H24N4O2. The molecule has 0 saturated carbocycles. The highest BCUT2D eigenvalue weighted by Gasteiger charge is 2.22. The fourth-order valence-corrected chi connectivity index (χ4v) is 2.75. The van der Waals surface area contributed by atoms with Gasteiger partial charge in [0.2, 0.25) is 0 Å². The fourth-order valence-electron chi connectivity index (χ4n) is 2.75. The van der Waals surface area contributed by atoms with Crippen molar-refractivity contribution < 1.29 is 4.84 Å². The van der Waals surface area contributed by atoms with Gasteiger partial charge >= 0.3 is 0 Å². The van der Waals surface area contributed by atoms with Gasteiger partial charge in [0.25, 0.3) is 5.56 Å². The summed E-state index contributed by atoms with van der Waals surface area (Å²) in [7, 11) is 1.45. The van der Waals surface area contributed by atoms with Crippen LogP contribution in [0, 0.1) is 6.92 Å². The summed E-state index contributed by atoms with van der Waals surface area (Å²) in [5, 5.41) is 3.79. The lowest BCUT2D eigenvalue weighted by atomic mass is 10.2. The molecule has 6 heteroatoms. The minimum atomic E-state index is -0.152. The van der Waals surface area contributed by atoms with Crippen molar-refractivity contribution in [3.8, 4) is 0 Å². The third kappa shape index (κ3) is 3.36. The Morgan fingerprint density at radius 2 is 1.91 bits per heavy atom. The number of fused-ring (bicyclic) bond motifs is 1. The highest BCUT2D eigenvalue weighted by Crippen LogP contribution is 2.20. The van der Waals surface area contributed by atoms with Gasteiger partial charge in [0.05, 0.1) is 6.21 Å². The maximum Gasteiger partial charge on any atom is 0.269 e. The van der Waals surface area contributed by atoms with E-state index in [1.807, 2.05) is 19.1 Å². The minimum Gasteiger partial charge on any atom is -0.399 e. The number of aryl methyl sites for hydroxylation is 1. The van der Waals surface area contributed by atoms with E-state index in [9.17, 15) is 4.79 Å². The first-order chi connectivity index (χ1) is 10.9. The average molecular weight is 316 g/mol. The number of pyridine rings is 1. The second-order valence-electron chi connectivity index (χ2n) is 6.10. The molecule has 0 atom stereocenters. The third-order valence-electron chi connectivity index (χ3n) is 3.63. The van der Waals surface area contributed by atoms with Gasteiger partial charge < -0.3 is 9.74 Å². The molecule has 6 nitrogen and oxygen atoms in total. The Morgan fingerprint density at radius 3 is 2.48 bits per heavy atom. The van der Waals surface area contributed by atoms with Gasteiger partial charge in [-0.3, -0.25) is 9.20 Å². The second-order valence-corrected chi connectivity index (χ2v) is 6.10. The van der Waals surface area contributed by atoms with Crippen molar-refractivity contribution in [2.24, 2.45) is 5.16 Å². The van der Waals surface area contributed by atoms with Crippen LogP contribution in [0.5, 0.6) is 0 Å². The van der Waals surface area contributed by atoms with Crippen molar-refractivity contribution in [2.45, 2.75) is 46.7 Å². The summed E-state index contributed by atoms with van der Waals surface area (Å²) in [5.74, 6) is 0.629. The van der Waals surface area contributed by atoms with E-state index >= 15 is 0 Å². The van der Waals surface area contributed by atoms with Gasteiger partial charge in [-0.1, -0.05) is 11.2 Å². The van der Waals surface area contributed by atoms with Crippen LogP contribution in [0.1, 0.15) is 38.8 Å². The summed E-state index contributed by atoms with van der Waals surface area (Å²) >= 11 is 0. The number of anilines is 1. The van der Waals surface area contributed by atoms with E-state index in [2.05, 4.69) is 37.8 Å². The Kier molecular flexibility index (Phi) is 5.03. The van der Waals surface area contributed by atoms with Crippen LogP contribution >= 0.6 is 0 Å². The zero-order valence-electron chi connectivity index (χ0n) is 14.6. The molecule has 0 aliphatic heterocycles. The van der Waals surface area contributed by atoms with Gasteiger partial charge in [0.15, 0.2) is 0 Å². The standard InChI is InChI=1S/C17H24N4O2/c1-11(2)21(12(3)4)16-14(9-18-23-6)17(22)20-10-13(5)7-8-15(20)19-16/h7-12H,1-6H3. The maximum absolute atomic E-state index is 12.9. The molecule has 0 saturated heterocycles. The molecule has 2 heterocycles. The topological polar surface area (TPSA) is 59.2 Å². The van der Waals surface area contributed by atoms with Crippen LogP contribution in [-0.2, 0) is 4.84 Å². The Hall–Kier alpha value is -2.37. The van der Waals surface area contributed by atoms with E-state index in [1.54, 1.807) is 10.6 Å². The lowest BCUT2D eigenvalue weighted by Gasteiger charge is -2.32. The zero-order chi connectivity index (χ0) is 17.1. The molecule has 0 amide bonds. The van der Waals surface area contributed by atoms with Gasteiger partial charge in [-0.25, -0.2) is 4.98 Å². The first-order valence-electron chi connectivity index (χ1n) is 7.74. The predicted molar refractivity (Wildman–Crippen MR) is 93.6 cm³/mol. The molecule has 124 valence electrons. The van der Waals surface area contributed by atoms with Gasteiger partial charge in [0, 0.05) is 18.3 Å². The number of aromatic nitrogens is 2. The van der Waals surface area contributed by atoms with Gasteiger partial charge in [0.1, 0.15) is 24.1 Å². The summed E-state index contributed by atoms with van der Waals surface area (Å²) < 4.78 is 1.55. The largest absolute Gasteiger partial charge is 0.399 e. The number of hydrogen-bond donors (Lipinski definition) is 0. The molecular weight excluding hydrogens is 292 g/mol. The minimum absolute atomic E-state index is 0.152. The molecule has 2 aromatic heterocycles. The molecule has 0 aliphatic carbocycles. The SMILES string of the molecule is CON=Cc1c(N(C(C)C)C(C)C)nc2ccc(C)cn2c1=O. The van der Waals surface area contributed by atoms with Crippen molar-refractivity contribution in [3.63, 3.8) is 0 Å².